The fourth-order valence-electron chi connectivity index (χ4n) is 1.63. The van der Waals surface area contributed by atoms with Crippen LogP contribution in [0.1, 0.15) is 20.3 Å². The van der Waals surface area contributed by atoms with Crippen LogP contribution in [0.3, 0.4) is 0 Å². The lowest BCUT2D eigenvalue weighted by Gasteiger charge is -2.13. The Morgan fingerprint density at radius 3 is 2.32 bits per heavy atom. The molecule has 6 heteroatoms. The number of hydrogen-bond donors (Lipinski definition) is 1. The van der Waals surface area contributed by atoms with Crippen LogP contribution in [0.5, 0.6) is 5.75 Å². The summed E-state index contributed by atoms with van der Waals surface area (Å²) in [6, 6.07) is 6.24. The van der Waals surface area contributed by atoms with Crippen LogP contribution < -0.4 is 9.46 Å². The molecule has 0 aliphatic carbocycles. The summed E-state index contributed by atoms with van der Waals surface area (Å²) in [5.74, 6) is 1.06. The maximum atomic E-state index is 12.0. The van der Waals surface area contributed by atoms with Crippen LogP contribution in [0, 0.1) is 5.92 Å². The molecule has 19 heavy (non-hydrogen) atoms. The summed E-state index contributed by atoms with van der Waals surface area (Å²) >= 11 is 6.07. The van der Waals surface area contributed by atoms with Crippen molar-refractivity contribution >= 4 is 21.6 Å². The molecular weight excluding hydrogens is 286 g/mol. The monoisotopic (exact) mass is 305 g/mol. The summed E-state index contributed by atoms with van der Waals surface area (Å²) in [5, 5.41) is -0.201. The van der Waals surface area contributed by atoms with Crippen molar-refractivity contribution in [2.24, 2.45) is 5.92 Å². The van der Waals surface area contributed by atoms with Gasteiger partial charge in [0.15, 0.2) is 0 Å². The normalized spacial score (nSPS) is 13.5. The lowest BCUT2D eigenvalue weighted by atomic mass is 10.1. The second-order valence-corrected chi connectivity index (χ2v) is 7.14. The van der Waals surface area contributed by atoms with Gasteiger partial charge in [-0.05, 0) is 36.6 Å². The third-order valence-electron chi connectivity index (χ3n) is 2.59. The molecule has 108 valence electrons. The number of alkyl halides is 1. The van der Waals surface area contributed by atoms with Gasteiger partial charge in [-0.15, -0.1) is 11.6 Å². The number of benzene rings is 1. The zero-order chi connectivity index (χ0) is 14.5. The van der Waals surface area contributed by atoms with Crippen molar-refractivity contribution in [2.45, 2.75) is 30.5 Å². The van der Waals surface area contributed by atoms with E-state index in [9.17, 15) is 8.42 Å². The maximum Gasteiger partial charge on any atom is 0.240 e. The average Bonchev–Trinajstić information content (AvgIpc) is 2.36. The van der Waals surface area contributed by atoms with E-state index in [1.807, 2.05) is 13.8 Å². The molecular formula is C13H20ClNO3S. The van der Waals surface area contributed by atoms with Crippen molar-refractivity contribution in [3.8, 4) is 5.75 Å². The van der Waals surface area contributed by atoms with Crippen molar-refractivity contribution < 1.29 is 13.2 Å². The number of halogens is 1. The van der Waals surface area contributed by atoms with Gasteiger partial charge in [0, 0.05) is 11.9 Å². The summed E-state index contributed by atoms with van der Waals surface area (Å²) in [5.41, 5.74) is 0. The first-order valence-corrected chi connectivity index (χ1v) is 8.05. The Hall–Kier alpha value is -0.780. The zero-order valence-electron chi connectivity index (χ0n) is 11.4. The fourth-order valence-corrected chi connectivity index (χ4v) is 3.24. The molecule has 0 aliphatic heterocycles. The molecule has 0 heterocycles. The molecule has 0 bridgehead atoms. The van der Waals surface area contributed by atoms with Crippen LogP contribution >= 0.6 is 11.6 Å². The summed E-state index contributed by atoms with van der Waals surface area (Å²) < 4.78 is 31.5. The minimum atomic E-state index is -3.51. The first-order valence-electron chi connectivity index (χ1n) is 6.13. The van der Waals surface area contributed by atoms with Crippen LogP contribution in [0.15, 0.2) is 29.2 Å². The minimum absolute atomic E-state index is 0.201. The molecule has 0 spiro atoms. The Morgan fingerprint density at radius 2 is 1.84 bits per heavy atom. The van der Waals surface area contributed by atoms with Gasteiger partial charge in [-0.3, -0.25) is 0 Å². The number of nitrogens with one attached hydrogen (secondary N) is 1. The highest BCUT2D eigenvalue weighted by Gasteiger charge is 2.16. The molecule has 0 fully saturated rings. The van der Waals surface area contributed by atoms with Crippen LogP contribution in [0.25, 0.3) is 0 Å². The first kappa shape index (κ1) is 16.3. The van der Waals surface area contributed by atoms with Crippen molar-refractivity contribution in [3.63, 3.8) is 0 Å². The standard InChI is InChI=1S/C13H20ClNO3S/c1-10(2)8-11(14)9-15-19(16,17)13-6-4-12(18-3)5-7-13/h4-7,10-11,15H,8-9H2,1-3H3. The van der Waals surface area contributed by atoms with Gasteiger partial charge in [-0.25, -0.2) is 13.1 Å². The molecule has 1 N–H and O–H groups in total. The second-order valence-electron chi connectivity index (χ2n) is 4.75. The maximum absolute atomic E-state index is 12.0. The van der Waals surface area contributed by atoms with E-state index in [1.54, 1.807) is 12.1 Å². The third kappa shape index (κ3) is 5.38. The summed E-state index contributed by atoms with van der Waals surface area (Å²) in [4.78, 5) is 0.210. The largest absolute Gasteiger partial charge is 0.497 e. The lowest BCUT2D eigenvalue weighted by Crippen LogP contribution is -2.30. The molecule has 0 saturated carbocycles. The lowest BCUT2D eigenvalue weighted by molar-refractivity contribution is 0.414. The highest BCUT2D eigenvalue weighted by Crippen LogP contribution is 2.16. The smallest absolute Gasteiger partial charge is 0.240 e. The number of ether oxygens (including phenoxy) is 1. The summed E-state index contributed by atoms with van der Waals surface area (Å²) in [6.07, 6.45) is 0.771. The summed E-state index contributed by atoms with van der Waals surface area (Å²) in [6.45, 7) is 4.33. The van der Waals surface area contributed by atoms with Gasteiger partial charge in [-0.1, -0.05) is 13.8 Å². The highest BCUT2D eigenvalue weighted by atomic mass is 35.5. The van der Waals surface area contributed by atoms with E-state index in [-0.39, 0.29) is 16.8 Å². The molecule has 1 rings (SSSR count). The van der Waals surface area contributed by atoms with Crippen LogP contribution in [-0.4, -0.2) is 27.4 Å². The van der Waals surface area contributed by atoms with Crippen molar-refractivity contribution in [1.82, 2.24) is 4.72 Å². The molecule has 0 aliphatic rings. The Balaban J connectivity index is 2.65. The van der Waals surface area contributed by atoms with Gasteiger partial charge >= 0.3 is 0 Å². The quantitative estimate of drug-likeness (QED) is 0.788. The Bertz CT molecular complexity index is 485. The molecule has 0 aromatic heterocycles. The van der Waals surface area contributed by atoms with Gasteiger partial charge < -0.3 is 4.74 Å². The van der Waals surface area contributed by atoms with E-state index in [0.29, 0.717) is 11.7 Å². The van der Waals surface area contributed by atoms with Gasteiger partial charge in [0.1, 0.15) is 5.75 Å². The molecule has 0 amide bonds. The average molecular weight is 306 g/mol. The van der Waals surface area contributed by atoms with Crippen LogP contribution in [0.4, 0.5) is 0 Å². The predicted molar refractivity (Wildman–Crippen MR) is 77.3 cm³/mol. The number of methoxy groups -OCH3 is 1. The SMILES string of the molecule is COc1ccc(S(=O)(=O)NCC(Cl)CC(C)C)cc1. The molecule has 1 aromatic rings. The number of sulfonamides is 1. The molecule has 0 saturated heterocycles. The predicted octanol–water partition coefficient (Wildman–Crippen LogP) is 2.63. The van der Waals surface area contributed by atoms with E-state index in [4.69, 9.17) is 16.3 Å². The van der Waals surface area contributed by atoms with E-state index in [1.165, 1.54) is 19.2 Å². The van der Waals surface area contributed by atoms with Gasteiger partial charge in [-0.2, -0.15) is 0 Å². The molecule has 1 aromatic carbocycles. The van der Waals surface area contributed by atoms with Gasteiger partial charge in [0.2, 0.25) is 10.0 Å². The minimum Gasteiger partial charge on any atom is -0.497 e. The zero-order valence-corrected chi connectivity index (χ0v) is 13.0. The Morgan fingerprint density at radius 1 is 1.26 bits per heavy atom. The van der Waals surface area contributed by atoms with Crippen molar-refractivity contribution in [1.29, 1.82) is 0 Å². The second kappa shape index (κ2) is 7.12. The van der Waals surface area contributed by atoms with Crippen molar-refractivity contribution in [3.05, 3.63) is 24.3 Å². The first-order chi connectivity index (χ1) is 8.85. The topological polar surface area (TPSA) is 55.4 Å². The summed E-state index contributed by atoms with van der Waals surface area (Å²) in [7, 11) is -1.97. The van der Waals surface area contributed by atoms with Gasteiger partial charge in [0.25, 0.3) is 0 Å². The van der Waals surface area contributed by atoms with E-state index >= 15 is 0 Å². The van der Waals surface area contributed by atoms with Gasteiger partial charge in [0.05, 0.1) is 12.0 Å². The third-order valence-corrected chi connectivity index (χ3v) is 4.36. The molecule has 1 atom stereocenters. The fraction of sp³-hybridized carbons (Fsp3) is 0.538. The Kier molecular flexibility index (Phi) is 6.10. The van der Waals surface area contributed by atoms with E-state index in [2.05, 4.69) is 4.72 Å². The van der Waals surface area contributed by atoms with Crippen LogP contribution in [-0.2, 0) is 10.0 Å². The molecule has 4 nitrogen and oxygen atoms in total. The van der Waals surface area contributed by atoms with E-state index in [0.717, 1.165) is 6.42 Å². The molecule has 0 radical (unpaired) electrons. The number of rotatable bonds is 7. The molecule has 1 unspecified atom stereocenters. The van der Waals surface area contributed by atoms with Crippen molar-refractivity contribution in [2.75, 3.05) is 13.7 Å². The highest BCUT2D eigenvalue weighted by molar-refractivity contribution is 7.89. The van der Waals surface area contributed by atoms with E-state index < -0.39 is 10.0 Å². The Labute approximate surface area is 120 Å². The number of hydrogen-bond acceptors (Lipinski definition) is 3. The van der Waals surface area contributed by atoms with Crippen LogP contribution in [0.2, 0.25) is 0 Å².